The smallest absolute Gasteiger partial charge is 0.342 e. The first-order chi connectivity index (χ1) is 16.4. The van der Waals surface area contributed by atoms with Crippen molar-refractivity contribution >= 4 is 28.5 Å². The zero-order chi connectivity index (χ0) is 24.2. The van der Waals surface area contributed by atoms with Crippen LogP contribution in [0.25, 0.3) is 22.3 Å². The van der Waals surface area contributed by atoms with E-state index in [2.05, 4.69) is 5.32 Å². The second-order valence-electron chi connectivity index (χ2n) is 7.66. The molecule has 34 heavy (non-hydrogen) atoms. The number of anilines is 1. The highest BCUT2D eigenvalue weighted by atomic mass is 16.5. The number of esters is 1. The fraction of sp³-hybridized carbons (Fsp3) is 0.111. The Balaban J connectivity index is 1.62. The van der Waals surface area contributed by atoms with E-state index in [0.717, 1.165) is 0 Å². The maximum atomic E-state index is 13.0. The fourth-order valence-corrected chi connectivity index (χ4v) is 3.48. The summed E-state index contributed by atoms with van der Waals surface area (Å²) in [5.74, 6) is -0.968. The number of fused-ring (bicyclic) bond motifs is 1. The van der Waals surface area contributed by atoms with Gasteiger partial charge in [-0.3, -0.25) is 9.59 Å². The molecule has 7 nitrogen and oxygen atoms in total. The molecule has 0 spiro atoms. The molecule has 1 aromatic heterocycles. The Labute approximate surface area is 195 Å². The third kappa shape index (κ3) is 4.43. The minimum Gasteiger partial charge on any atom is -0.455 e. The molecule has 0 radical (unpaired) electrons. The Morgan fingerprint density at radius 3 is 2.38 bits per heavy atom. The van der Waals surface area contributed by atoms with Gasteiger partial charge in [-0.1, -0.05) is 36.4 Å². The summed E-state index contributed by atoms with van der Waals surface area (Å²) in [6.45, 7) is 3.12. The van der Waals surface area contributed by atoms with Crippen molar-refractivity contribution in [2.75, 3.05) is 5.32 Å². The van der Waals surface area contributed by atoms with Crippen LogP contribution in [-0.2, 0) is 9.53 Å². The van der Waals surface area contributed by atoms with E-state index in [1.807, 2.05) is 36.4 Å². The number of ether oxygens (including phenoxy) is 1. The van der Waals surface area contributed by atoms with E-state index < -0.39 is 18.0 Å². The van der Waals surface area contributed by atoms with E-state index in [9.17, 15) is 14.4 Å². The maximum absolute atomic E-state index is 13.0. The lowest BCUT2D eigenvalue weighted by atomic mass is 10.0. The van der Waals surface area contributed by atoms with Crippen molar-refractivity contribution in [3.63, 3.8) is 0 Å². The van der Waals surface area contributed by atoms with Gasteiger partial charge in [0.2, 0.25) is 0 Å². The Kier molecular flexibility index (Phi) is 6.24. The number of nitrogens with one attached hydrogen (secondary N) is 1. The highest BCUT2D eigenvalue weighted by Crippen LogP contribution is 2.27. The van der Waals surface area contributed by atoms with E-state index in [4.69, 9.17) is 14.4 Å². The molecule has 7 heteroatoms. The molecule has 0 bridgehead atoms. The molecule has 1 amide bonds. The fourth-order valence-electron chi connectivity index (χ4n) is 3.48. The van der Waals surface area contributed by atoms with Crippen LogP contribution in [0.1, 0.15) is 28.4 Å². The minimum absolute atomic E-state index is 0.0461. The highest BCUT2D eigenvalue weighted by Gasteiger charge is 2.23. The summed E-state index contributed by atoms with van der Waals surface area (Å²) in [5.41, 5.74) is 1.95. The lowest BCUT2D eigenvalue weighted by Gasteiger charge is -2.15. The Morgan fingerprint density at radius 1 is 1.00 bits per heavy atom. The predicted octanol–water partition coefficient (Wildman–Crippen LogP) is 4.82. The summed E-state index contributed by atoms with van der Waals surface area (Å²) in [4.78, 5) is 38.4. The number of hydrogen-bond donors (Lipinski definition) is 1. The normalized spacial score (nSPS) is 11.4. The standard InChI is InChI=1S/C27H20N2O5/c1-16-23(30)21-9-6-10-22(25(21)34-24(16)19-7-4-3-5-8-19)27(32)33-17(2)26(31)29-20-13-11-18(15-28)12-14-20/h3-14,17H,1-2H3,(H,29,31). The number of carbonyl (C=O) groups is 2. The average molecular weight is 452 g/mol. The second-order valence-corrected chi connectivity index (χ2v) is 7.66. The highest BCUT2D eigenvalue weighted by molar-refractivity contribution is 6.04. The number of benzene rings is 3. The summed E-state index contributed by atoms with van der Waals surface area (Å²) < 4.78 is 11.4. The molecule has 0 saturated carbocycles. The minimum atomic E-state index is -1.12. The molecule has 1 heterocycles. The van der Waals surface area contributed by atoms with Gasteiger partial charge in [0.1, 0.15) is 11.3 Å². The van der Waals surface area contributed by atoms with Crippen molar-refractivity contribution in [2.24, 2.45) is 0 Å². The molecule has 0 saturated heterocycles. The molecule has 3 aromatic carbocycles. The third-order valence-electron chi connectivity index (χ3n) is 5.34. The molecule has 0 aliphatic rings. The number of nitriles is 1. The van der Waals surface area contributed by atoms with Crippen LogP contribution in [0.3, 0.4) is 0 Å². The second kappa shape index (κ2) is 9.43. The zero-order valence-corrected chi connectivity index (χ0v) is 18.5. The average Bonchev–Trinajstić information content (AvgIpc) is 2.86. The van der Waals surface area contributed by atoms with Gasteiger partial charge in [0.05, 0.1) is 17.0 Å². The van der Waals surface area contributed by atoms with Crippen LogP contribution >= 0.6 is 0 Å². The van der Waals surface area contributed by atoms with E-state index >= 15 is 0 Å². The number of rotatable bonds is 5. The van der Waals surface area contributed by atoms with Crippen molar-refractivity contribution < 1.29 is 18.7 Å². The van der Waals surface area contributed by atoms with Crippen LogP contribution < -0.4 is 10.7 Å². The van der Waals surface area contributed by atoms with Crippen LogP contribution in [0.2, 0.25) is 0 Å². The molecular weight excluding hydrogens is 432 g/mol. The van der Waals surface area contributed by atoms with Gasteiger partial charge >= 0.3 is 5.97 Å². The largest absolute Gasteiger partial charge is 0.455 e. The lowest BCUT2D eigenvalue weighted by molar-refractivity contribution is -0.123. The van der Waals surface area contributed by atoms with Crippen molar-refractivity contribution in [1.29, 1.82) is 5.26 Å². The summed E-state index contributed by atoms with van der Waals surface area (Å²) >= 11 is 0. The van der Waals surface area contributed by atoms with Crippen LogP contribution in [0.15, 0.2) is 82.0 Å². The van der Waals surface area contributed by atoms with Crippen LogP contribution in [0, 0.1) is 18.3 Å². The van der Waals surface area contributed by atoms with Gasteiger partial charge in [-0.05, 0) is 50.2 Å². The summed E-state index contributed by atoms with van der Waals surface area (Å²) in [5, 5.41) is 11.8. The van der Waals surface area contributed by atoms with Gasteiger partial charge in [0.15, 0.2) is 17.1 Å². The van der Waals surface area contributed by atoms with Gasteiger partial charge in [-0.25, -0.2) is 4.79 Å². The predicted molar refractivity (Wildman–Crippen MR) is 127 cm³/mol. The van der Waals surface area contributed by atoms with Crippen molar-refractivity contribution in [2.45, 2.75) is 20.0 Å². The number of nitrogens with zero attached hydrogens (tertiary/aromatic N) is 1. The SMILES string of the molecule is Cc1c(-c2ccccc2)oc2c(C(=O)OC(C)C(=O)Nc3ccc(C#N)cc3)cccc2c1=O. The Bertz CT molecular complexity index is 1480. The van der Waals surface area contributed by atoms with E-state index in [-0.39, 0.29) is 22.0 Å². The van der Waals surface area contributed by atoms with Crippen molar-refractivity contribution in [1.82, 2.24) is 0 Å². The zero-order valence-electron chi connectivity index (χ0n) is 18.5. The molecule has 1 N–H and O–H groups in total. The quantitative estimate of drug-likeness (QED) is 0.435. The van der Waals surface area contributed by atoms with Crippen molar-refractivity contribution in [3.8, 4) is 17.4 Å². The Hall–Kier alpha value is -4.70. The van der Waals surface area contributed by atoms with E-state index in [0.29, 0.717) is 28.1 Å². The van der Waals surface area contributed by atoms with E-state index in [1.165, 1.54) is 13.0 Å². The van der Waals surface area contributed by atoms with Gasteiger partial charge < -0.3 is 14.5 Å². The van der Waals surface area contributed by atoms with Gasteiger partial charge in [-0.15, -0.1) is 0 Å². The van der Waals surface area contributed by atoms with Crippen LogP contribution in [0.4, 0.5) is 5.69 Å². The molecule has 1 unspecified atom stereocenters. The summed E-state index contributed by atoms with van der Waals surface area (Å²) in [6, 6.07) is 22.1. The number of amides is 1. The Morgan fingerprint density at radius 2 is 1.71 bits per heavy atom. The monoisotopic (exact) mass is 452 g/mol. The molecule has 4 aromatic rings. The molecular formula is C27H20N2O5. The number of hydrogen-bond acceptors (Lipinski definition) is 6. The first-order valence-corrected chi connectivity index (χ1v) is 10.5. The first-order valence-electron chi connectivity index (χ1n) is 10.5. The molecule has 168 valence electrons. The van der Waals surface area contributed by atoms with Gasteiger partial charge in [-0.2, -0.15) is 5.26 Å². The maximum Gasteiger partial charge on any atom is 0.342 e. The van der Waals surface area contributed by atoms with Crippen molar-refractivity contribution in [3.05, 3.63) is 99.7 Å². The molecule has 4 rings (SSSR count). The van der Waals surface area contributed by atoms with Crippen LogP contribution in [-0.4, -0.2) is 18.0 Å². The topological polar surface area (TPSA) is 109 Å². The van der Waals surface area contributed by atoms with Gasteiger partial charge in [0.25, 0.3) is 5.91 Å². The molecule has 0 fully saturated rings. The molecule has 0 aliphatic carbocycles. The van der Waals surface area contributed by atoms with Crippen LogP contribution in [0.5, 0.6) is 0 Å². The summed E-state index contributed by atoms with van der Waals surface area (Å²) in [7, 11) is 0. The third-order valence-corrected chi connectivity index (χ3v) is 5.34. The van der Waals surface area contributed by atoms with Gasteiger partial charge in [0, 0.05) is 16.8 Å². The first kappa shape index (κ1) is 22.5. The lowest BCUT2D eigenvalue weighted by Crippen LogP contribution is -2.30. The number of para-hydroxylation sites is 1. The van der Waals surface area contributed by atoms with E-state index in [1.54, 1.807) is 43.3 Å². The summed E-state index contributed by atoms with van der Waals surface area (Å²) in [6.07, 6.45) is -1.12. The molecule has 0 aliphatic heterocycles. The number of carbonyl (C=O) groups excluding carboxylic acids is 2. The molecule has 1 atom stereocenters.